The summed E-state index contributed by atoms with van der Waals surface area (Å²) in [5.41, 5.74) is 0. The average Bonchev–Trinajstić information content (AvgIpc) is 0. The van der Waals surface area contributed by atoms with Crippen LogP contribution in [0.25, 0.3) is 0 Å². The molecule has 0 heterocycles. The van der Waals surface area contributed by atoms with Gasteiger partial charge in [0.15, 0.2) is 0 Å². The predicted octanol–water partition coefficient (Wildman–Crippen LogP) is -1.53. The molecule has 0 saturated heterocycles. The van der Waals surface area contributed by atoms with Crippen LogP contribution in [0, 0.1) is 0 Å². The van der Waals surface area contributed by atoms with Gasteiger partial charge in [-0.15, -0.1) is 0 Å². The Bertz CT molecular complexity index is 15.5. The van der Waals surface area contributed by atoms with Crippen LogP contribution in [-0.2, 0) is 33.6 Å². The Kier molecular flexibility index (Phi) is 240. The van der Waals surface area contributed by atoms with Gasteiger partial charge >= 0.3 is 0 Å². The first-order chi connectivity index (χ1) is 0. The van der Waals surface area contributed by atoms with Crippen molar-refractivity contribution in [2.24, 2.45) is 0 Å². The molecule has 0 aliphatic heterocycles. The van der Waals surface area contributed by atoms with Crippen molar-refractivity contribution in [2.45, 2.75) is 0 Å². The third kappa shape index (κ3) is 23.1. The molecule has 0 rings (SSSR count). The van der Waals surface area contributed by atoms with Crippen LogP contribution in [0.15, 0.2) is 0 Å². The van der Waals surface area contributed by atoms with Gasteiger partial charge in [0.25, 0.3) is 0 Å². The summed E-state index contributed by atoms with van der Waals surface area (Å²) in [6.45, 7) is 0. The molecule has 6 heavy (non-hydrogen) atoms. The molecule has 0 aromatic rings. The Morgan fingerprint density at radius 1 is 1.00 bits per heavy atom. The van der Waals surface area contributed by atoms with Gasteiger partial charge < -0.3 is 0 Å². The Balaban J connectivity index is 0. The molecule has 0 bridgehead atoms. The number of hydrogen-bond donors (Lipinski definition) is 0. The average molecular weight is 305 g/mol. The third-order valence-corrected chi connectivity index (χ3v) is 0. The van der Waals surface area contributed by atoms with Crippen LogP contribution in [0.5, 0.6) is 0 Å². The minimum Gasteiger partial charge on any atom is 0 e. The Hall–Kier alpha value is 4.95. The van der Waals surface area contributed by atoms with E-state index in [9.17, 15) is 0 Å². The molecule has 7 radical (unpaired) electrons. The molecular weight excluding hydrogens is 305 g/mol. The van der Waals surface area contributed by atoms with Crippen molar-refractivity contribution in [3.05, 3.63) is 0 Å². The number of hydrogen-bond acceptors (Lipinski definition) is 0. The van der Waals surface area contributed by atoms with E-state index in [1.54, 1.807) is 0 Å². The summed E-state index contributed by atoms with van der Waals surface area (Å²) in [6, 6.07) is 0. The van der Waals surface area contributed by atoms with Crippen molar-refractivity contribution >= 4 is 120 Å². The van der Waals surface area contributed by atoms with Crippen molar-refractivity contribution < 1.29 is 33.6 Å². The second-order valence-electron chi connectivity index (χ2n) is 0. The molecule has 23 valence electrons. The SMILES string of the molecule is [Ba].[Li].[Mg].[Mn].[Na].[Ni]. The molecule has 0 aromatic heterocycles. The van der Waals surface area contributed by atoms with E-state index in [0.29, 0.717) is 0 Å². The van der Waals surface area contributed by atoms with E-state index in [1.807, 2.05) is 0 Å². The quantitative estimate of drug-likeness (QED) is 0.477. The summed E-state index contributed by atoms with van der Waals surface area (Å²) in [6.07, 6.45) is 0. The van der Waals surface area contributed by atoms with Gasteiger partial charge in [-0.25, -0.2) is 0 Å². The van der Waals surface area contributed by atoms with E-state index in [1.165, 1.54) is 0 Å². The first-order valence-corrected chi connectivity index (χ1v) is 0. The first kappa shape index (κ1) is 44.3. The van der Waals surface area contributed by atoms with Crippen LogP contribution in [0.1, 0.15) is 0 Å². The molecule has 0 atom stereocenters. The molecule has 0 aromatic carbocycles. The number of rotatable bonds is 0. The van der Waals surface area contributed by atoms with E-state index in [-0.39, 0.29) is 154 Å². The Morgan fingerprint density at radius 3 is 1.00 bits per heavy atom. The van der Waals surface area contributed by atoms with Crippen molar-refractivity contribution in [3.8, 4) is 0 Å². The summed E-state index contributed by atoms with van der Waals surface area (Å²) < 4.78 is 0. The fourth-order valence-electron chi connectivity index (χ4n) is 0. The molecule has 0 aliphatic carbocycles. The van der Waals surface area contributed by atoms with E-state index in [4.69, 9.17) is 0 Å². The zero-order chi connectivity index (χ0) is 0. The first-order valence-electron chi connectivity index (χ1n) is 0. The van der Waals surface area contributed by atoms with Crippen LogP contribution >= 0.6 is 0 Å². The fourth-order valence-corrected chi connectivity index (χ4v) is 0. The van der Waals surface area contributed by atoms with Crippen molar-refractivity contribution in [1.82, 2.24) is 0 Å². The van der Waals surface area contributed by atoms with Gasteiger partial charge in [-0.2, -0.15) is 0 Å². The zero-order valence-electron chi connectivity index (χ0n) is 4.11. The smallest absolute Gasteiger partial charge is 0 e. The topological polar surface area (TPSA) is 0 Å². The maximum atomic E-state index is 0. The van der Waals surface area contributed by atoms with Crippen LogP contribution in [-0.4, -0.2) is 120 Å². The monoisotopic (exact) mass is 305 g/mol. The normalized spacial score (nSPS) is 0. The van der Waals surface area contributed by atoms with Crippen LogP contribution in [0.2, 0.25) is 0 Å². The predicted molar refractivity (Wildman–Crippen MR) is 23.0 cm³/mol. The summed E-state index contributed by atoms with van der Waals surface area (Å²) in [5.74, 6) is 0. The van der Waals surface area contributed by atoms with Gasteiger partial charge in [-0.3, -0.25) is 0 Å². The molecule has 0 nitrogen and oxygen atoms in total. The van der Waals surface area contributed by atoms with Gasteiger partial charge in [0, 0.05) is 154 Å². The van der Waals surface area contributed by atoms with E-state index < -0.39 is 0 Å². The molecule has 0 amide bonds. The molecule has 6 heteroatoms. The fraction of sp³-hybridized carbons (Fsp3) is 0. The maximum Gasteiger partial charge on any atom is 0 e. The molecule has 0 aliphatic rings. The Morgan fingerprint density at radius 2 is 1.00 bits per heavy atom. The Labute approximate surface area is 150 Å². The molecule has 0 spiro atoms. The summed E-state index contributed by atoms with van der Waals surface area (Å²) in [7, 11) is 0. The van der Waals surface area contributed by atoms with E-state index in [0.717, 1.165) is 0 Å². The summed E-state index contributed by atoms with van der Waals surface area (Å²) >= 11 is 0. The molecular formula is BaLiMgMnNaNi. The minimum absolute atomic E-state index is 0. The van der Waals surface area contributed by atoms with Gasteiger partial charge in [0.2, 0.25) is 0 Å². The largest absolute Gasteiger partial charge is 0 e. The molecule has 0 fully saturated rings. The zero-order valence-corrected chi connectivity index (χ0v) is 14.1. The molecule has 0 saturated carbocycles. The molecule has 0 unspecified atom stereocenters. The van der Waals surface area contributed by atoms with Gasteiger partial charge in [0.05, 0.1) is 0 Å². The van der Waals surface area contributed by atoms with E-state index >= 15 is 0 Å². The minimum atomic E-state index is 0. The van der Waals surface area contributed by atoms with Gasteiger partial charge in [-0.1, -0.05) is 0 Å². The van der Waals surface area contributed by atoms with Crippen molar-refractivity contribution in [3.63, 3.8) is 0 Å². The maximum absolute atomic E-state index is 0. The van der Waals surface area contributed by atoms with Crippen molar-refractivity contribution in [2.75, 3.05) is 0 Å². The van der Waals surface area contributed by atoms with Gasteiger partial charge in [0.1, 0.15) is 0 Å². The summed E-state index contributed by atoms with van der Waals surface area (Å²) in [4.78, 5) is 0. The third-order valence-electron chi connectivity index (χ3n) is 0. The van der Waals surface area contributed by atoms with Crippen LogP contribution < -0.4 is 0 Å². The van der Waals surface area contributed by atoms with Crippen LogP contribution in [0.4, 0.5) is 0 Å². The van der Waals surface area contributed by atoms with Crippen molar-refractivity contribution in [1.29, 1.82) is 0 Å². The van der Waals surface area contributed by atoms with Crippen LogP contribution in [0.3, 0.4) is 0 Å². The van der Waals surface area contributed by atoms with Gasteiger partial charge in [-0.05, 0) is 0 Å². The standard InChI is InChI=1S/Ba.Li.Mg.Mn.Na.Ni. The molecule has 0 N–H and O–H groups in total. The van der Waals surface area contributed by atoms with E-state index in [2.05, 4.69) is 0 Å². The summed E-state index contributed by atoms with van der Waals surface area (Å²) in [5, 5.41) is 0. The second-order valence-corrected chi connectivity index (χ2v) is 0. The second kappa shape index (κ2) is 32.5.